The van der Waals surface area contributed by atoms with Gasteiger partial charge in [0, 0.05) is 29.2 Å². The molecule has 1 unspecified atom stereocenters. The molecular weight excluding hydrogens is 732 g/mol. The van der Waals surface area contributed by atoms with Crippen molar-refractivity contribution in [1.82, 2.24) is 0 Å². The lowest BCUT2D eigenvalue weighted by Crippen LogP contribution is -2.43. The maximum absolute atomic E-state index is 13.3. The van der Waals surface area contributed by atoms with Gasteiger partial charge in [-0.1, -0.05) is 48.5 Å². The summed E-state index contributed by atoms with van der Waals surface area (Å²) in [5.41, 5.74) is 8.38. The quantitative estimate of drug-likeness (QED) is 0.0744. The van der Waals surface area contributed by atoms with Crippen molar-refractivity contribution in [2.45, 2.75) is 91.5 Å². The Hall–Kier alpha value is -6.15. The van der Waals surface area contributed by atoms with Crippen LogP contribution in [0.2, 0.25) is 0 Å². The summed E-state index contributed by atoms with van der Waals surface area (Å²) in [7, 11) is 0. The minimum absolute atomic E-state index is 0.00373. The Balaban J connectivity index is 1.44. The first-order valence-corrected chi connectivity index (χ1v) is 18.6. The Labute approximate surface area is 332 Å². The maximum atomic E-state index is 13.3. The lowest BCUT2D eigenvalue weighted by Gasteiger charge is -2.29. The Kier molecular flexibility index (Phi) is 14.3. The first-order chi connectivity index (χ1) is 26.7. The summed E-state index contributed by atoms with van der Waals surface area (Å²) >= 11 is 0. The Morgan fingerprint density at radius 1 is 0.789 bits per heavy atom. The molecule has 5 N–H and O–H groups in total. The fraction of sp³-hybridized carbons (Fsp3) is 0.372. The number of carboxylic acid groups (broad SMARTS) is 1. The zero-order chi connectivity index (χ0) is 42.1. The number of esters is 1. The molecule has 57 heavy (non-hydrogen) atoms. The lowest BCUT2D eigenvalue weighted by molar-refractivity contribution is -0.143. The van der Waals surface area contributed by atoms with Gasteiger partial charge in [-0.15, -0.1) is 0 Å². The highest BCUT2D eigenvalue weighted by Gasteiger charge is 2.33. The molecule has 4 rings (SSSR count). The van der Waals surface area contributed by atoms with Crippen molar-refractivity contribution in [3.05, 3.63) is 101 Å². The zero-order valence-electron chi connectivity index (χ0n) is 33.6. The summed E-state index contributed by atoms with van der Waals surface area (Å²) in [6, 6.07) is 20.5. The first kappa shape index (κ1) is 43.6. The number of rotatable bonds is 13. The van der Waals surface area contributed by atoms with Crippen LogP contribution in [0, 0.1) is 6.92 Å². The number of amides is 3. The summed E-state index contributed by atoms with van der Waals surface area (Å²) in [4.78, 5) is 64.5. The number of nitrogens with zero attached hydrogens (tertiary/aromatic N) is 1. The van der Waals surface area contributed by atoms with Crippen molar-refractivity contribution >= 4 is 58.1 Å². The highest BCUT2D eigenvalue weighted by molar-refractivity contribution is 6.15. The van der Waals surface area contributed by atoms with Gasteiger partial charge in [-0.3, -0.25) is 10.1 Å². The van der Waals surface area contributed by atoms with Gasteiger partial charge in [0.15, 0.2) is 6.04 Å². The van der Waals surface area contributed by atoms with Crippen LogP contribution in [0.25, 0.3) is 10.8 Å². The van der Waals surface area contributed by atoms with Gasteiger partial charge in [-0.2, -0.15) is 4.90 Å². The van der Waals surface area contributed by atoms with Crippen LogP contribution in [0.5, 0.6) is 0 Å². The molecule has 0 fully saturated rings. The van der Waals surface area contributed by atoms with E-state index in [1.54, 1.807) is 127 Å². The van der Waals surface area contributed by atoms with Crippen molar-refractivity contribution in [3.8, 4) is 0 Å². The van der Waals surface area contributed by atoms with Crippen molar-refractivity contribution in [2.24, 2.45) is 5.73 Å². The third kappa shape index (κ3) is 12.7. The first-order valence-electron chi connectivity index (χ1n) is 18.6. The second-order valence-corrected chi connectivity index (χ2v) is 15.4. The summed E-state index contributed by atoms with van der Waals surface area (Å²) in [6.07, 6.45) is -2.08. The van der Waals surface area contributed by atoms with Crippen LogP contribution < -0.4 is 21.3 Å². The molecule has 0 heterocycles. The predicted octanol–water partition coefficient (Wildman–Crippen LogP) is 8.81. The molecule has 14 heteroatoms. The number of nitrogens with two attached hydrogens (primary N) is 1. The number of fused-ring (bicyclic) bond motifs is 1. The smallest absolute Gasteiger partial charge is 0.424 e. The van der Waals surface area contributed by atoms with Gasteiger partial charge in [0.05, 0.1) is 25.3 Å². The molecule has 0 spiro atoms. The fourth-order valence-electron chi connectivity index (χ4n) is 5.84. The largest absolute Gasteiger partial charge is 0.479 e. The number of nitrogens with one attached hydrogen (secondary N) is 2. The Morgan fingerprint density at radius 2 is 1.46 bits per heavy atom. The van der Waals surface area contributed by atoms with Crippen LogP contribution in [0.1, 0.15) is 89.2 Å². The Morgan fingerprint density at radius 3 is 2.07 bits per heavy atom. The zero-order valence-corrected chi connectivity index (χ0v) is 33.6. The van der Waals surface area contributed by atoms with E-state index in [4.69, 9.17) is 24.7 Å². The number of aliphatic carboxylic acids is 1. The third-order valence-corrected chi connectivity index (χ3v) is 8.37. The number of hydrogen-bond donors (Lipinski definition) is 4. The van der Waals surface area contributed by atoms with Crippen molar-refractivity contribution < 1.29 is 48.0 Å². The molecule has 0 aliphatic carbocycles. The second kappa shape index (κ2) is 18.7. The van der Waals surface area contributed by atoms with Gasteiger partial charge >= 0.3 is 30.2 Å². The van der Waals surface area contributed by atoms with E-state index in [-0.39, 0.29) is 25.3 Å². The molecule has 0 saturated carbocycles. The number of ether oxygens (including phenoxy) is 4. The standard InChI is InChI=1S/C43H52N4O10/c1-9-54-36(48)25-34(44)29-13-10-14-31(24-29)46-39(51)55-21-20-27-16-17-30(22-26(27)2)37(38(49)50)45-32-18-19-33-28(23-32)12-11-15-35(33)47(40(52)56-42(3,4)5)41(53)57-43(6,7)8/h10-19,22-24,34,37,45H,9,20-21,25,44H2,1-8H3,(H,46,51)(H,49,50)/t34-,37?/m1/s1. The molecule has 0 bridgehead atoms. The van der Waals surface area contributed by atoms with Crippen LogP contribution in [0.15, 0.2) is 78.9 Å². The summed E-state index contributed by atoms with van der Waals surface area (Å²) in [6.45, 7) is 14.1. The van der Waals surface area contributed by atoms with Crippen LogP contribution in [0.3, 0.4) is 0 Å². The van der Waals surface area contributed by atoms with Crippen LogP contribution in [0.4, 0.5) is 31.4 Å². The molecule has 3 amide bonds. The molecule has 2 atom stereocenters. The van der Waals surface area contributed by atoms with E-state index in [2.05, 4.69) is 10.6 Å². The van der Waals surface area contributed by atoms with E-state index in [1.807, 2.05) is 6.92 Å². The fourth-order valence-corrected chi connectivity index (χ4v) is 5.84. The van der Waals surface area contributed by atoms with Crippen molar-refractivity contribution in [1.29, 1.82) is 0 Å². The van der Waals surface area contributed by atoms with Gasteiger partial charge in [0.25, 0.3) is 0 Å². The number of aryl methyl sites for hydroxylation is 1. The molecule has 0 saturated heterocycles. The molecular formula is C43H52N4O10. The molecule has 14 nitrogen and oxygen atoms in total. The Bertz CT molecular complexity index is 2080. The van der Waals surface area contributed by atoms with Gasteiger partial charge in [-0.05, 0) is 113 Å². The molecule has 0 radical (unpaired) electrons. The number of benzene rings is 4. The van der Waals surface area contributed by atoms with E-state index in [1.165, 1.54) is 0 Å². The van der Waals surface area contributed by atoms with Crippen molar-refractivity contribution in [3.63, 3.8) is 0 Å². The maximum Gasteiger partial charge on any atom is 0.424 e. The lowest BCUT2D eigenvalue weighted by atomic mass is 9.98. The van der Waals surface area contributed by atoms with Crippen molar-refractivity contribution in [2.75, 3.05) is 28.7 Å². The summed E-state index contributed by atoms with van der Waals surface area (Å²) in [5.74, 6) is -1.52. The van der Waals surface area contributed by atoms with E-state index in [9.17, 15) is 29.1 Å². The van der Waals surface area contributed by atoms with E-state index < -0.39 is 53.5 Å². The normalized spacial score (nSPS) is 12.5. The summed E-state index contributed by atoms with van der Waals surface area (Å²) in [5, 5.41) is 17.2. The SMILES string of the molecule is CCOC(=O)C[C@@H](N)c1cccc(NC(=O)OCCc2ccc(C(Nc3ccc4c(N(C(=O)OC(C)(C)C)C(=O)OC(C)(C)C)cccc4c3)C(=O)O)cc2C)c1. The number of carbonyl (C=O) groups excluding carboxylic acids is 4. The minimum atomic E-state index is -1.12. The molecule has 0 aliphatic heterocycles. The van der Waals surface area contributed by atoms with E-state index >= 15 is 0 Å². The third-order valence-electron chi connectivity index (χ3n) is 8.37. The highest BCUT2D eigenvalue weighted by Crippen LogP contribution is 2.33. The summed E-state index contributed by atoms with van der Waals surface area (Å²) < 4.78 is 21.5. The van der Waals surface area contributed by atoms with E-state index in [0.717, 1.165) is 16.0 Å². The minimum Gasteiger partial charge on any atom is -0.479 e. The van der Waals surface area contributed by atoms with Crippen LogP contribution in [-0.4, -0.2) is 59.7 Å². The molecule has 4 aromatic rings. The second-order valence-electron chi connectivity index (χ2n) is 15.4. The molecule has 0 aromatic heterocycles. The number of imide groups is 1. The molecule has 4 aromatic carbocycles. The van der Waals surface area contributed by atoms with Crippen LogP contribution in [-0.2, 0) is 35.0 Å². The average Bonchev–Trinajstić information content (AvgIpc) is 3.10. The number of carboxylic acids is 1. The molecule has 304 valence electrons. The van der Waals surface area contributed by atoms with Gasteiger partial charge < -0.3 is 35.1 Å². The number of carbonyl (C=O) groups is 5. The number of hydrogen-bond acceptors (Lipinski definition) is 11. The van der Waals surface area contributed by atoms with Gasteiger partial charge in [0.2, 0.25) is 0 Å². The highest BCUT2D eigenvalue weighted by atomic mass is 16.6. The van der Waals surface area contributed by atoms with Gasteiger partial charge in [-0.25, -0.2) is 19.2 Å². The molecule has 0 aliphatic rings. The predicted molar refractivity (Wildman–Crippen MR) is 217 cm³/mol. The average molecular weight is 785 g/mol. The van der Waals surface area contributed by atoms with E-state index in [0.29, 0.717) is 39.7 Å². The topological polar surface area (TPSA) is 196 Å². The van der Waals surface area contributed by atoms with Crippen LogP contribution >= 0.6 is 0 Å². The number of anilines is 3. The van der Waals surface area contributed by atoms with Gasteiger partial charge in [0.1, 0.15) is 11.2 Å². The monoisotopic (exact) mass is 784 g/mol.